The van der Waals surface area contributed by atoms with Gasteiger partial charge in [0.05, 0.1) is 23.9 Å². The van der Waals surface area contributed by atoms with Crippen LogP contribution >= 0.6 is 0 Å². The summed E-state index contributed by atoms with van der Waals surface area (Å²) < 4.78 is 44.2. The first-order chi connectivity index (χ1) is 15.9. The predicted octanol–water partition coefficient (Wildman–Crippen LogP) is 3.30. The van der Waals surface area contributed by atoms with Gasteiger partial charge >= 0.3 is 5.97 Å². The maximum absolute atomic E-state index is 13.1. The van der Waals surface area contributed by atoms with Gasteiger partial charge in [-0.25, -0.2) is 13.2 Å². The molecule has 1 aliphatic rings. The molecule has 0 aliphatic carbocycles. The smallest absolute Gasteiger partial charge is 0.339 e. The summed E-state index contributed by atoms with van der Waals surface area (Å²) in [6.07, 6.45) is 0. The molecule has 1 amide bonds. The highest BCUT2D eigenvalue weighted by molar-refractivity contribution is 7.92. The third-order valence-corrected chi connectivity index (χ3v) is 6.22. The zero-order valence-corrected chi connectivity index (χ0v) is 18.3. The van der Waals surface area contributed by atoms with E-state index in [-0.39, 0.29) is 21.7 Å². The monoisotopic (exact) mass is 468 g/mol. The maximum atomic E-state index is 13.1. The van der Waals surface area contributed by atoms with Gasteiger partial charge in [0.15, 0.2) is 11.5 Å². The van der Waals surface area contributed by atoms with Crippen LogP contribution in [-0.2, 0) is 14.8 Å². The molecule has 0 aromatic heterocycles. The molecule has 0 radical (unpaired) electrons. The van der Waals surface area contributed by atoms with Crippen molar-refractivity contribution in [2.24, 2.45) is 0 Å². The summed E-state index contributed by atoms with van der Waals surface area (Å²) >= 11 is 0. The molecule has 0 saturated heterocycles. The minimum atomic E-state index is -4.21. The van der Waals surface area contributed by atoms with Gasteiger partial charge in [-0.3, -0.25) is 9.52 Å². The number of hydrogen-bond donors (Lipinski definition) is 2. The Morgan fingerprint density at radius 2 is 1.55 bits per heavy atom. The fourth-order valence-corrected chi connectivity index (χ4v) is 4.55. The Kier molecular flexibility index (Phi) is 6.18. The number of fused-ring (bicyclic) bond motifs is 1. The number of carbonyl (C=O) groups excluding carboxylic acids is 2. The quantitative estimate of drug-likeness (QED) is 0.533. The summed E-state index contributed by atoms with van der Waals surface area (Å²) in [5.41, 5.74) is 0.474. The van der Waals surface area contributed by atoms with Crippen molar-refractivity contribution in [1.29, 1.82) is 0 Å². The van der Waals surface area contributed by atoms with E-state index in [0.29, 0.717) is 30.4 Å². The number of anilines is 2. The summed E-state index contributed by atoms with van der Waals surface area (Å²) in [5, 5.41) is 2.73. The minimum absolute atomic E-state index is 0.0483. The lowest BCUT2D eigenvalue weighted by Crippen LogP contribution is -2.21. The van der Waals surface area contributed by atoms with Gasteiger partial charge in [0.2, 0.25) is 0 Å². The van der Waals surface area contributed by atoms with Crippen molar-refractivity contribution < 1.29 is 32.2 Å². The van der Waals surface area contributed by atoms with Gasteiger partial charge in [0.25, 0.3) is 15.9 Å². The molecule has 3 aromatic carbocycles. The Balaban J connectivity index is 1.60. The van der Waals surface area contributed by atoms with Crippen molar-refractivity contribution in [3.63, 3.8) is 0 Å². The topological polar surface area (TPSA) is 120 Å². The number of nitrogens with one attached hydrogen (secondary N) is 2. The summed E-state index contributed by atoms with van der Waals surface area (Å²) in [7, 11) is -3.04. The van der Waals surface area contributed by atoms with Gasteiger partial charge in [-0.1, -0.05) is 24.3 Å². The van der Waals surface area contributed by atoms with Crippen molar-refractivity contribution in [3.8, 4) is 11.5 Å². The maximum Gasteiger partial charge on any atom is 0.339 e. The molecule has 4 rings (SSSR count). The molecule has 9 nitrogen and oxygen atoms in total. The highest BCUT2D eigenvalue weighted by Crippen LogP contribution is 2.33. The van der Waals surface area contributed by atoms with Gasteiger partial charge in [0.1, 0.15) is 18.1 Å². The summed E-state index contributed by atoms with van der Waals surface area (Å²) in [5.74, 6) is -0.240. The molecule has 170 valence electrons. The van der Waals surface area contributed by atoms with E-state index in [4.69, 9.17) is 9.47 Å². The average molecular weight is 468 g/mol. The number of hydrogen-bond acceptors (Lipinski definition) is 7. The van der Waals surface area contributed by atoms with Crippen LogP contribution < -0.4 is 19.5 Å². The Morgan fingerprint density at radius 3 is 2.30 bits per heavy atom. The molecule has 10 heteroatoms. The summed E-state index contributed by atoms with van der Waals surface area (Å²) in [6.45, 7) is 0.855. The van der Waals surface area contributed by atoms with Crippen LogP contribution in [0.2, 0.25) is 0 Å². The first-order valence-corrected chi connectivity index (χ1v) is 11.4. The zero-order valence-electron chi connectivity index (χ0n) is 17.5. The van der Waals surface area contributed by atoms with Crippen LogP contribution in [-0.4, -0.2) is 40.6 Å². The third-order valence-electron chi connectivity index (χ3n) is 4.80. The fourth-order valence-electron chi connectivity index (χ4n) is 3.27. The van der Waals surface area contributed by atoms with Crippen molar-refractivity contribution in [2.45, 2.75) is 4.90 Å². The summed E-state index contributed by atoms with van der Waals surface area (Å²) in [6, 6.07) is 16.8. The lowest BCUT2D eigenvalue weighted by molar-refractivity contribution is 0.0596. The van der Waals surface area contributed by atoms with Crippen LogP contribution in [0.4, 0.5) is 11.4 Å². The van der Waals surface area contributed by atoms with Crippen molar-refractivity contribution >= 4 is 33.3 Å². The number of methoxy groups -OCH3 is 1. The molecule has 33 heavy (non-hydrogen) atoms. The number of rotatable bonds is 6. The number of amides is 1. The van der Waals surface area contributed by atoms with E-state index in [2.05, 4.69) is 14.8 Å². The first kappa shape index (κ1) is 22.2. The molecule has 1 heterocycles. The Hall–Kier alpha value is -4.05. The van der Waals surface area contributed by atoms with E-state index in [9.17, 15) is 18.0 Å². The van der Waals surface area contributed by atoms with E-state index >= 15 is 0 Å². The largest absolute Gasteiger partial charge is 0.486 e. The molecule has 0 spiro atoms. The van der Waals surface area contributed by atoms with Crippen LogP contribution in [0.5, 0.6) is 11.5 Å². The van der Waals surface area contributed by atoms with Gasteiger partial charge < -0.3 is 19.5 Å². The van der Waals surface area contributed by atoms with Crippen LogP contribution in [0.15, 0.2) is 71.6 Å². The zero-order chi connectivity index (χ0) is 23.4. The second kappa shape index (κ2) is 9.21. The molecular formula is C23H20N2O7S. The third kappa shape index (κ3) is 4.75. The Bertz CT molecular complexity index is 1320. The standard InChI is InChI=1S/C23H20N2O7S/c1-30-23(27)17-7-3-5-9-21(17)33(28,29)25-18-8-4-2-6-16(18)22(26)24-15-10-11-19-20(14-15)32-13-12-31-19/h2-11,14,25H,12-13H2,1H3,(H,24,26). The molecule has 0 fully saturated rings. The highest BCUT2D eigenvalue weighted by atomic mass is 32.2. The van der Waals surface area contributed by atoms with Gasteiger partial charge in [-0.15, -0.1) is 0 Å². The number of para-hydroxylation sites is 1. The van der Waals surface area contributed by atoms with Crippen LogP contribution in [0.3, 0.4) is 0 Å². The van der Waals surface area contributed by atoms with E-state index in [1.54, 1.807) is 30.3 Å². The highest BCUT2D eigenvalue weighted by Gasteiger charge is 2.24. The van der Waals surface area contributed by atoms with Crippen molar-refractivity contribution in [3.05, 3.63) is 77.9 Å². The number of ether oxygens (including phenoxy) is 3. The fraction of sp³-hybridized carbons (Fsp3) is 0.130. The number of sulfonamides is 1. The molecule has 0 saturated carbocycles. The molecule has 0 unspecified atom stereocenters. The number of esters is 1. The van der Waals surface area contributed by atoms with E-state index in [1.165, 1.54) is 36.4 Å². The molecule has 1 aliphatic heterocycles. The molecule has 2 N–H and O–H groups in total. The Labute approximate surface area is 190 Å². The normalized spacial score (nSPS) is 12.5. The van der Waals surface area contributed by atoms with Gasteiger partial charge in [-0.05, 0) is 36.4 Å². The lowest BCUT2D eigenvalue weighted by Gasteiger charge is -2.19. The number of benzene rings is 3. The van der Waals surface area contributed by atoms with Crippen LogP contribution in [0.1, 0.15) is 20.7 Å². The van der Waals surface area contributed by atoms with Crippen molar-refractivity contribution in [2.75, 3.05) is 30.4 Å². The van der Waals surface area contributed by atoms with E-state index in [0.717, 1.165) is 7.11 Å². The van der Waals surface area contributed by atoms with Gasteiger partial charge in [0, 0.05) is 11.8 Å². The Morgan fingerprint density at radius 1 is 0.879 bits per heavy atom. The number of carbonyl (C=O) groups is 2. The second-order valence-corrected chi connectivity index (χ2v) is 8.60. The molecular weight excluding hydrogens is 448 g/mol. The molecule has 0 atom stereocenters. The van der Waals surface area contributed by atoms with E-state index in [1.807, 2.05) is 0 Å². The second-order valence-electron chi connectivity index (χ2n) is 6.95. The molecule has 0 bridgehead atoms. The van der Waals surface area contributed by atoms with Gasteiger partial charge in [-0.2, -0.15) is 0 Å². The lowest BCUT2D eigenvalue weighted by atomic mass is 10.1. The minimum Gasteiger partial charge on any atom is -0.486 e. The summed E-state index contributed by atoms with van der Waals surface area (Å²) in [4.78, 5) is 24.7. The SMILES string of the molecule is COC(=O)c1ccccc1S(=O)(=O)Nc1ccccc1C(=O)Nc1ccc2c(c1)OCCO2. The molecule has 3 aromatic rings. The van der Waals surface area contributed by atoms with E-state index < -0.39 is 21.9 Å². The van der Waals surface area contributed by atoms with Crippen LogP contribution in [0.25, 0.3) is 0 Å². The van der Waals surface area contributed by atoms with Crippen LogP contribution in [0, 0.1) is 0 Å². The first-order valence-electron chi connectivity index (χ1n) is 9.89. The van der Waals surface area contributed by atoms with Crippen molar-refractivity contribution in [1.82, 2.24) is 0 Å². The average Bonchev–Trinajstić information content (AvgIpc) is 2.83. The predicted molar refractivity (Wildman–Crippen MR) is 120 cm³/mol.